The van der Waals surface area contributed by atoms with E-state index >= 15 is 0 Å². The summed E-state index contributed by atoms with van der Waals surface area (Å²) in [4.78, 5) is 104. The number of carboxylic acids is 1. The second-order valence-corrected chi connectivity index (χ2v) is 17.4. The molecule has 0 aromatic carbocycles. The van der Waals surface area contributed by atoms with Gasteiger partial charge < -0.3 is 80.5 Å². The number of hydrogen-bond acceptors (Lipinski definition) is 12. The molecule has 2 rings (SSSR count). The van der Waals surface area contributed by atoms with Crippen molar-refractivity contribution in [3.05, 3.63) is 18.2 Å². The third-order valence-electron chi connectivity index (χ3n) is 10.7. The smallest absolute Gasteiger partial charge is 0.326 e. The number of aromatic amines is 1. The van der Waals surface area contributed by atoms with E-state index < -0.39 is 83.7 Å². The summed E-state index contributed by atoms with van der Waals surface area (Å²) in [5.41, 5.74) is 22.9. The van der Waals surface area contributed by atoms with Crippen LogP contribution in [0.3, 0.4) is 0 Å². The standard InChI is InChI=1S/C41H74N18O8/c1-22(2)17-29(57-32(60)25(42)19-24-20-49-21-53-24)35(63)58-30(18-23(3)4)34(62)55-27(10-6-14-51-40(45)46)37(65)59-16-8-12-31(59)36(64)54-26(9-5-13-50-39(43)44)33(61)56-28(38(66)67)11-7-15-52-41(47)48/h20-23,25-31H,5-19,42H2,1-4H3,(H,49,53)(H,54,64)(H,55,62)(H,56,61)(H,57,60)(H,58,63)(H,66,67)(H4,43,44,50)(H4,45,46,51)(H4,47,48,52)/t25-,26-,27-,28-,29-,30-,31-/m0/s1. The molecule has 0 saturated carbocycles. The van der Waals surface area contributed by atoms with Crippen molar-refractivity contribution in [1.82, 2.24) is 57.4 Å². The SMILES string of the molecule is CC(C)C[C@H](NC(=O)[C@H](CC(C)C)NC(=O)[C@@H](N)Cc1c[nH]cn1)C(=O)N[C@@H](CCCNC(=N)N)C(=O)N1CCC[C@H]1C(=O)N[C@@H](CCCNC(=N)N)C(=O)N[C@@H](CCCNC(=N)N)C(=O)O. The molecule has 0 unspecified atom stereocenters. The first-order chi connectivity index (χ1) is 31.6. The Bertz CT molecular complexity index is 1830. The number of aromatic nitrogens is 2. The summed E-state index contributed by atoms with van der Waals surface area (Å²) in [5, 5.41) is 53.4. The fourth-order valence-electron chi connectivity index (χ4n) is 7.36. The van der Waals surface area contributed by atoms with E-state index in [4.69, 9.17) is 39.2 Å². The van der Waals surface area contributed by atoms with Crippen LogP contribution in [0, 0.1) is 28.1 Å². The van der Waals surface area contributed by atoms with Gasteiger partial charge in [-0.1, -0.05) is 27.7 Å². The monoisotopic (exact) mass is 947 g/mol. The van der Waals surface area contributed by atoms with Gasteiger partial charge in [0.2, 0.25) is 35.4 Å². The topological polar surface area (TPSA) is 444 Å². The summed E-state index contributed by atoms with van der Waals surface area (Å²) in [7, 11) is 0. The van der Waals surface area contributed by atoms with Crippen LogP contribution in [0.5, 0.6) is 0 Å². The normalized spacial score (nSPS) is 16.0. The maximum atomic E-state index is 14.5. The molecule has 26 nitrogen and oxygen atoms in total. The molecule has 0 spiro atoms. The van der Waals surface area contributed by atoms with Crippen LogP contribution in [0.2, 0.25) is 0 Å². The van der Waals surface area contributed by atoms with Crippen molar-refractivity contribution in [3.63, 3.8) is 0 Å². The van der Waals surface area contributed by atoms with E-state index in [0.717, 1.165) is 0 Å². The lowest BCUT2D eigenvalue weighted by Gasteiger charge is -2.31. The van der Waals surface area contributed by atoms with Gasteiger partial charge in [-0.15, -0.1) is 0 Å². The van der Waals surface area contributed by atoms with Gasteiger partial charge in [0.1, 0.15) is 36.3 Å². The van der Waals surface area contributed by atoms with Crippen LogP contribution in [0.4, 0.5) is 0 Å². The second-order valence-electron chi connectivity index (χ2n) is 17.4. The quantitative estimate of drug-likeness (QED) is 0.0204. The minimum Gasteiger partial charge on any atom is -0.480 e. The molecule has 1 saturated heterocycles. The van der Waals surface area contributed by atoms with Gasteiger partial charge in [0.25, 0.3) is 0 Å². The van der Waals surface area contributed by atoms with E-state index in [1.165, 1.54) is 11.2 Å². The third-order valence-corrected chi connectivity index (χ3v) is 10.7. The van der Waals surface area contributed by atoms with Crippen LogP contribution in [-0.4, -0.2) is 148 Å². The third kappa shape index (κ3) is 21.4. The van der Waals surface area contributed by atoms with Crippen molar-refractivity contribution >= 4 is 59.3 Å². The van der Waals surface area contributed by atoms with Crippen LogP contribution >= 0.6 is 0 Å². The molecule has 6 amide bonds. The predicted molar refractivity (Wildman–Crippen MR) is 249 cm³/mol. The molecule has 1 fully saturated rings. The molecule has 1 aromatic heterocycles. The number of guanidine groups is 3. The van der Waals surface area contributed by atoms with Crippen molar-refractivity contribution in [3.8, 4) is 0 Å². The first-order valence-corrected chi connectivity index (χ1v) is 22.6. The van der Waals surface area contributed by atoms with E-state index in [0.29, 0.717) is 12.1 Å². The van der Waals surface area contributed by atoms with Crippen LogP contribution in [0.25, 0.3) is 0 Å². The molecule has 26 heteroatoms. The molecule has 7 atom stereocenters. The number of likely N-dealkylation sites (tertiary alicyclic amines) is 1. The maximum Gasteiger partial charge on any atom is 0.326 e. The first-order valence-electron chi connectivity index (χ1n) is 22.6. The van der Waals surface area contributed by atoms with Crippen molar-refractivity contribution < 1.29 is 38.7 Å². The van der Waals surface area contributed by atoms with Crippen LogP contribution in [0.15, 0.2) is 12.5 Å². The Morgan fingerprint density at radius 2 is 1.15 bits per heavy atom. The summed E-state index contributed by atoms with van der Waals surface area (Å²) in [6, 6.07) is -8.15. The Labute approximate surface area is 390 Å². The van der Waals surface area contributed by atoms with Crippen LogP contribution in [0.1, 0.15) is 97.6 Å². The number of H-pyrrole nitrogens is 1. The number of carbonyl (C=O) groups is 7. The van der Waals surface area contributed by atoms with Crippen molar-refractivity contribution in [1.29, 1.82) is 16.2 Å². The highest BCUT2D eigenvalue weighted by Crippen LogP contribution is 2.21. The minimum atomic E-state index is -1.34. The molecule has 67 heavy (non-hydrogen) atoms. The van der Waals surface area contributed by atoms with Crippen LogP contribution in [-0.2, 0) is 40.0 Å². The molecule has 0 radical (unpaired) electrons. The average molecular weight is 947 g/mol. The molecule has 376 valence electrons. The lowest BCUT2D eigenvalue weighted by atomic mass is 9.99. The predicted octanol–water partition coefficient (Wildman–Crippen LogP) is -3.34. The Hall–Kier alpha value is -6.73. The lowest BCUT2D eigenvalue weighted by Crippen LogP contribution is -2.60. The summed E-state index contributed by atoms with van der Waals surface area (Å²) in [5.74, 6) is -6.41. The highest BCUT2D eigenvalue weighted by atomic mass is 16.4. The number of aliphatic carboxylic acids is 1. The molecule has 0 aliphatic carbocycles. The zero-order valence-corrected chi connectivity index (χ0v) is 39.0. The van der Waals surface area contributed by atoms with Crippen molar-refractivity contribution in [2.45, 2.75) is 141 Å². The molecule has 0 bridgehead atoms. The molecule has 1 aliphatic rings. The summed E-state index contributed by atoms with van der Waals surface area (Å²) in [6.45, 7) is 8.07. The fraction of sp³-hybridized carbons (Fsp3) is 0.683. The summed E-state index contributed by atoms with van der Waals surface area (Å²) in [6.07, 6.45) is 4.88. The molecular formula is C41H74N18O8. The summed E-state index contributed by atoms with van der Waals surface area (Å²) < 4.78 is 0. The minimum absolute atomic E-state index is 0.00111. The fourth-order valence-corrected chi connectivity index (χ4v) is 7.36. The van der Waals surface area contributed by atoms with Gasteiger partial charge >= 0.3 is 5.97 Å². The van der Waals surface area contributed by atoms with Crippen LogP contribution < -0.4 is 65.5 Å². The van der Waals surface area contributed by atoms with Gasteiger partial charge in [0, 0.05) is 38.8 Å². The van der Waals surface area contributed by atoms with E-state index in [2.05, 4.69) is 52.5 Å². The Balaban J connectivity index is 2.34. The van der Waals surface area contributed by atoms with Gasteiger partial charge in [-0.25, -0.2) is 9.78 Å². The number of carbonyl (C=O) groups excluding carboxylic acids is 6. The Morgan fingerprint density at radius 3 is 1.61 bits per heavy atom. The largest absolute Gasteiger partial charge is 0.480 e. The van der Waals surface area contributed by atoms with Gasteiger partial charge in [-0.05, 0) is 76.0 Å². The average Bonchev–Trinajstić information content (AvgIpc) is 3.95. The van der Waals surface area contributed by atoms with E-state index in [-0.39, 0.29) is 120 Å². The number of nitrogens with one attached hydrogen (secondary N) is 12. The van der Waals surface area contributed by atoms with E-state index in [9.17, 15) is 38.7 Å². The Kier molecular flexibility index (Phi) is 24.4. The summed E-state index contributed by atoms with van der Waals surface area (Å²) >= 11 is 0. The number of carboxylic acid groups (broad SMARTS) is 1. The molecule has 1 aliphatic heterocycles. The van der Waals surface area contributed by atoms with Crippen molar-refractivity contribution in [2.75, 3.05) is 26.2 Å². The highest BCUT2D eigenvalue weighted by molar-refractivity contribution is 5.97. The first kappa shape index (κ1) is 56.4. The maximum absolute atomic E-state index is 14.5. The van der Waals surface area contributed by atoms with Gasteiger partial charge in [0.15, 0.2) is 17.9 Å². The van der Waals surface area contributed by atoms with Gasteiger partial charge in [0.05, 0.1) is 18.1 Å². The number of rotatable bonds is 30. The lowest BCUT2D eigenvalue weighted by molar-refractivity contribution is -0.144. The zero-order valence-electron chi connectivity index (χ0n) is 39.0. The van der Waals surface area contributed by atoms with E-state index in [1.54, 1.807) is 6.20 Å². The number of nitrogens with two attached hydrogens (primary N) is 4. The zero-order chi connectivity index (χ0) is 50.2. The second kappa shape index (κ2) is 29.0. The Morgan fingerprint density at radius 1 is 0.701 bits per heavy atom. The number of nitrogens with zero attached hydrogens (tertiary/aromatic N) is 2. The molecule has 21 N–H and O–H groups in total. The number of amides is 6. The molecular weight excluding hydrogens is 873 g/mol. The molecule has 2 heterocycles. The number of imidazole rings is 1. The number of hydrogen-bond donors (Lipinski definition) is 17. The van der Waals surface area contributed by atoms with E-state index in [1.807, 2.05) is 27.7 Å². The highest BCUT2D eigenvalue weighted by Gasteiger charge is 2.40. The van der Waals surface area contributed by atoms with Gasteiger partial charge in [-0.3, -0.25) is 45.0 Å². The van der Waals surface area contributed by atoms with Crippen molar-refractivity contribution in [2.24, 2.45) is 34.8 Å². The van der Waals surface area contributed by atoms with Gasteiger partial charge in [-0.2, -0.15) is 0 Å². The molecule has 1 aromatic rings.